The normalized spacial score (nSPS) is 11.1. The molecular formula is C8H8N4O3S2. The highest BCUT2D eigenvalue weighted by atomic mass is 32.2. The van der Waals surface area contributed by atoms with Crippen LogP contribution in [0.15, 0.2) is 35.4 Å². The van der Waals surface area contributed by atoms with Crippen LogP contribution in [-0.4, -0.2) is 24.5 Å². The van der Waals surface area contributed by atoms with Gasteiger partial charge in [0, 0.05) is 17.8 Å². The summed E-state index contributed by atoms with van der Waals surface area (Å²) in [6, 6.07) is 3.21. The van der Waals surface area contributed by atoms with Crippen molar-refractivity contribution in [2.75, 3.05) is 9.14 Å². The zero-order chi connectivity index (χ0) is 12.3. The maximum atomic E-state index is 11.9. The second kappa shape index (κ2) is 4.55. The minimum absolute atomic E-state index is 0.175. The van der Waals surface area contributed by atoms with Gasteiger partial charge in [-0.15, -0.1) is 15.8 Å². The average Bonchev–Trinajstić information content (AvgIpc) is 2.90. The number of anilines is 1. The predicted octanol–water partition coefficient (Wildman–Crippen LogP) is 0.396. The van der Waals surface area contributed by atoms with Gasteiger partial charge in [-0.05, 0) is 12.1 Å². The summed E-state index contributed by atoms with van der Waals surface area (Å²) in [4.78, 5) is 14.6. The third-order valence-electron chi connectivity index (χ3n) is 1.82. The molecule has 0 bridgehead atoms. The van der Waals surface area contributed by atoms with Crippen LogP contribution in [0.2, 0.25) is 0 Å². The molecule has 2 heterocycles. The number of aromatic nitrogens is 2. The first kappa shape index (κ1) is 11.6. The Bertz CT molecular complexity index is 576. The van der Waals surface area contributed by atoms with E-state index in [-0.39, 0.29) is 12.2 Å². The molecule has 0 radical (unpaired) electrons. The lowest BCUT2D eigenvalue weighted by Gasteiger charge is -2.18. The van der Waals surface area contributed by atoms with Crippen molar-refractivity contribution in [2.24, 2.45) is 0 Å². The van der Waals surface area contributed by atoms with Crippen molar-refractivity contribution in [3.8, 4) is 0 Å². The molecule has 2 aromatic rings. The minimum Gasteiger partial charge on any atom is -0.276 e. The summed E-state index contributed by atoms with van der Waals surface area (Å²) in [5.41, 5.74) is 1.48. The Labute approximate surface area is 101 Å². The summed E-state index contributed by atoms with van der Waals surface area (Å²) in [6.07, 6.45) is 3.08. The topological polar surface area (TPSA) is 84.3 Å². The summed E-state index contributed by atoms with van der Waals surface area (Å²) >= 11 is 1.25. The van der Waals surface area contributed by atoms with Crippen molar-refractivity contribution < 1.29 is 13.2 Å². The van der Waals surface area contributed by atoms with Gasteiger partial charge in [0.15, 0.2) is 5.82 Å². The molecule has 0 aliphatic rings. The molecule has 2 aromatic heterocycles. The summed E-state index contributed by atoms with van der Waals surface area (Å²) in [6.45, 7) is 0. The molecule has 0 aliphatic heterocycles. The number of carbonyl (C=O) groups is 1. The van der Waals surface area contributed by atoms with Crippen molar-refractivity contribution in [1.29, 1.82) is 0 Å². The van der Waals surface area contributed by atoms with Gasteiger partial charge in [0.05, 0.1) is 5.51 Å². The SMILES string of the molecule is O=CN(n1cccc1)S(=O)(=O)Nc1cscn1. The number of nitrogens with one attached hydrogen (secondary N) is 1. The third kappa shape index (κ3) is 2.45. The lowest BCUT2D eigenvalue weighted by atomic mass is 10.7. The molecule has 0 aliphatic carbocycles. The van der Waals surface area contributed by atoms with E-state index in [0.717, 1.165) is 4.68 Å². The fraction of sp³-hybridized carbons (Fsp3) is 0. The maximum absolute atomic E-state index is 11.9. The van der Waals surface area contributed by atoms with E-state index in [4.69, 9.17) is 0 Å². The van der Waals surface area contributed by atoms with Gasteiger partial charge in [0.2, 0.25) is 6.41 Å². The van der Waals surface area contributed by atoms with Crippen LogP contribution in [0.5, 0.6) is 0 Å². The summed E-state index contributed by atoms with van der Waals surface area (Å²) < 4.78 is 27.6. The van der Waals surface area contributed by atoms with E-state index in [1.807, 2.05) is 0 Å². The van der Waals surface area contributed by atoms with E-state index in [1.165, 1.54) is 34.6 Å². The standard InChI is InChI=1S/C8H8N4O3S2/c13-7-12(11-3-1-2-4-11)17(14,15)10-8-5-16-6-9-8/h1-7,10H. The smallest absolute Gasteiger partial charge is 0.276 e. The van der Waals surface area contributed by atoms with Crippen LogP contribution in [0.4, 0.5) is 5.82 Å². The molecule has 7 nitrogen and oxygen atoms in total. The van der Waals surface area contributed by atoms with Crippen molar-refractivity contribution >= 4 is 33.8 Å². The lowest BCUT2D eigenvalue weighted by molar-refractivity contribution is -0.107. The van der Waals surface area contributed by atoms with Crippen molar-refractivity contribution in [1.82, 2.24) is 9.66 Å². The highest BCUT2D eigenvalue weighted by Crippen LogP contribution is 2.10. The number of thiazole rings is 1. The van der Waals surface area contributed by atoms with E-state index < -0.39 is 10.2 Å². The molecule has 0 aromatic carbocycles. The van der Waals surface area contributed by atoms with E-state index >= 15 is 0 Å². The molecule has 9 heteroatoms. The average molecular weight is 272 g/mol. The van der Waals surface area contributed by atoms with Crippen molar-refractivity contribution in [3.63, 3.8) is 0 Å². The van der Waals surface area contributed by atoms with Crippen LogP contribution in [0, 0.1) is 0 Å². The first-order chi connectivity index (χ1) is 8.13. The summed E-state index contributed by atoms with van der Waals surface area (Å²) in [5.74, 6) is 0.175. The molecule has 0 unspecified atom stereocenters. The molecule has 0 saturated carbocycles. The predicted molar refractivity (Wildman–Crippen MR) is 63.4 cm³/mol. The highest BCUT2D eigenvalue weighted by molar-refractivity contribution is 7.94. The molecule has 0 fully saturated rings. The van der Waals surface area contributed by atoms with Crippen LogP contribution in [0.1, 0.15) is 0 Å². The number of hydrogen-bond donors (Lipinski definition) is 1. The van der Waals surface area contributed by atoms with Gasteiger partial charge in [-0.2, -0.15) is 8.42 Å². The maximum Gasteiger partial charge on any atom is 0.345 e. The van der Waals surface area contributed by atoms with Gasteiger partial charge in [-0.25, -0.2) is 9.71 Å². The van der Waals surface area contributed by atoms with Gasteiger partial charge in [-0.3, -0.25) is 9.47 Å². The number of amides is 1. The molecule has 2 rings (SSSR count). The van der Waals surface area contributed by atoms with Crippen LogP contribution in [0.3, 0.4) is 0 Å². The van der Waals surface area contributed by atoms with E-state index in [9.17, 15) is 13.2 Å². The monoisotopic (exact) mass is 272 g/mol. The van der Waals surface area contributed by atoms with Crippen LogP contribution < -0.4 is 9.14 Å². The quantitative estimate of drug-likeness (QED) is 0.798. The Kier molecular flexibility index (Phi) is 3.11. The molecule has 0 saturated heterocycles. The largest absolute Gasteiger partial charge is 0.345 e. The Morgan fingerprint density at radius 2 is 2.12 bits per heavy atom. The lowest BCUT2D eigenvalue weighted by Crippen LogP contribution is -2.42. The summed E-state index contributed by atoms with van der Waals surface area (Å²) in [5, 5.41) is 1.52. The van der Waals surface area contributed by atoms with E-state index in [0.29, 0.717) is 4.41 Å². The highest BCUT2D eigenvalue weighted by Gasteiger charge is 2.22. The third-order valence-corrected chi connectivity index (χ3v) is 3.64. The van der Waals surface area contributed by atoms with E-state index in [1.54, 1.807) is 12.1 Å². The fourth-order valence-electron chi connectivity index (χ4n) is 1.13. The fourth-order valence-corrected chi connectivity index (χ4v) is 2.63. The molecule has 17 heavy (non-hydrogen) atoms. The number of carbonyl (C=O) groups excluding carboxylic acids is 1. The van der Waals surface area contributed by atoms with Gasteiger partial charge in [0.1, 0.15) is 0 Å². The van der Waals surface area contributed by atoms with Gasteiger partial charge in [0.25, 0.3) is 0 Å². The summed E-state index contributed by atoms with van der Waals surface area (Å²) in [7, 11) is -4.00. The minimum atomic E-state index is -4.00. The van der Waals surface area contributed by atoms with Crippen molar-refractivity contribution in [3.05, 3.63) is 35.4 Å². The molecule has 0 atom stereocenters. The van der Waals surface area contributed by atoms with Crippen LogP contribution in [-0.2, 0) is 15.0 Å². The molecule has 1 amide bonds. The Balaban J connectivity index is 2.28. The number of nitrogens with zero attached hydrogens (tertiary/aromatic N) is 3. The second-order valence-corrected chi connectivity index (χ2v) is 5.17. The number of hydrogen-bond acceptors (Lipinski definition) is 5. The first-order valence-electron chi connectivity index (χ1n) is 4.42. The second-order valence-electron chi connectivity index (χ2n) is 2.92. The molecule has 1 N–H and O–H groups in total. The Hall–Kier alpha value is -1.87. The van der Waals surface area contributed by atoms with E-state index in [2.05, 4.69) is 9.71 Å². The molecule has 0 spiro atoms. The zero-order valence-electron chi connectivity index (χ0n) is 8.42. The Morgan fingerprint density at radius 3 is 2.65 bits per heavy atom. The van der Waals surface area contributed by atoms with Gasteiger partial charge in [-0.1, -0.05) is 0 Å². The molecule has 90 valence electrons. The number of rotatable bonds is 5. The zero-order valence-corrected chi connectivity index (χ0v) is 10.1. The van der Waals surface area contributed by atoms with Crippen LogP contribution in [0.25, 0.3) is 0 Å². The van der Waals surface area contributed by atoms with Gasteiger partial charge < -0.3 is 0 Å². The molecular weight excluding hydrogens is 264 g/mol. The first-order valence-corrected chi connectivity index (χ1v) is 6.81. The van der Waals surface area contributed by atoms with Crippen LogP contribution >= 0.6 is 11.3 Å². The van der Waals surface area contributed by atoms with Crippen molar-refractivity contribution in [2.45, 2.75) is 0 Å². The Morgan fingerprint density at radius 1 is 1.41 bits per heavy atom. The van der Waals surface area contributed by atoms with Gasteiger partial charge >= 0.3 is 10.2 Å².